The summed E-state index contributed by atoms with van der Waals surface area (Å²) in [5.74, 6) is 1.13. The van der Waals surface area contributed by atoms with E-state index in [4.69, 9.17) is 0 Å². The number of hydrogen-bond acceptors (Lipinski definition) is 4. The quantitative estimate of drug-likeness (QED) is 0.814. The molecule has 1 saturated carbocycles. The van der Waals surface area contributed by atoms with Crippen LogP contribution in [0.5, 0.6) is 0 Å². The second kappa shape index (κ2) is 6.37. The third kappa shape index (κ3) is 2.95. The zero-order valence-electron chi connectivity index (χ0n) is 14.1. The van der Waals surface area contributed by atoms with E-state index in [2.05, 4.69) is 19.9 Å². The van der Waals surface area contributed by atoms with Gasteiger partial charge in [0.25, 0.3) is 5.91 Å². The van der Waals surface area contributed by atoms with Crippen LogP contribution in [0.3, 0.4) is 0 Å². The van der Waals surface area contributed by atoms with E-state index in [1.54, 1.807) is 4.68 Å². The first kappa shape index (κ1) is 15.4. The van der Waals surface area contributed by atoms with Crippen molar-refractivity contribution in [1.29, 1.82) is 0 Å². The fraction of sp³-hybridized carbons (Fsp3) is 0.647. The van der Waals surface area contributed by atoms with Crippen molar-refractivity contribution in [2.45, 2.75) is 64.1 Å². The molecule has 7 heteroatoms. The van der Waals surface area contributed by atoms with Gasteiger partial charge in [-0.25, -0.2) is 0 Å². The molecular formula is C17H24N6O. The maximum Gasteiger partial charge on any atom is 0.274 e. The van der Waals surface area contributed by atoms with E-state index < -0.39 is 0 Å². The molecule has 1 aliphatic heterocycles. The summed E-state index contributed by atoms with van der Waals surface area (Å²) >= 11 is 0. The van der Waals surface area contributed by atoms with E-state index in [0.29, 0.717) is 11.7 Å². The second-order valence-corrected chi connectivity index (χ2v) is 6.78. The van der Waals surface area contributed by atoms with Gasteiger partial charge in [-0.15, -0.1) is 10.2 Å². The maximum atomic E-state index is 12.8. The number of hydrogen-bond donors (Lipinski definition) is 0. The lowest BCUT2D eigenvalue weighted by molar-refractivity contribution is 0.0723. The fourth-order valence-electron chi connectivity index (χ4n) is 3.60. The van der Waals surface area contributed by atoms with E-state index in [9.17, 15) is 4.79 Å². The van der Waals surface area contributed by atoms with Gasteiger partial charge >= 0.3 is 0 Å². The summed E-state index contributed by atoms with van der Waals surface area (Å²) < 4.78 is 4.01. The Balaban J connectivity index is 1.40. The van der Waals surface area contributed by atoms with Crippen molar-refractivity contribution in [3.8, 4) is 0 Å². The first-order chi connectivity index (χ1) is 11.8. The second-order valence-electron chi connectivity index (χ2n) is 6.78. The summed E-state index contributed by atoms with van der Waals surface area (Å²) in [6, 6.07) is 2.72. The van der Waals surface area contributed by atoms with Gasteiger partial charge in [-0.3, -0.25) is 9.48 Å². The van der Waals surface area contributed by atoms with Gasteiger partial charge in [0.15, 0.2) is 0 Å². The number of aromatic nitrogens is 5. The summed E-state index contributed by atoms with van der Waals surface area (Å²) in [5.41, 5.74) is 0.560. The van der Waals surface area contributed by atoms with Gasteiger partial charge in [0.05, 0.1) is 0 Å². The SMILES string of the molecule is CCn1ccc(C(=O)N2CCCC2CCc2nncn2C2CC2)n1. The Morgan fingerprint density at radius 3 is 2.96 bits per heavy atom. The lowest BCUT2D eigenvalue weighted by atomic mass is 10.1. The minimum Gasteiger partial charge on any atom is -0.334 e. The molecule has 0 bridgehead atoms. The third-order valence-corrected chi connectivity index (χ3v) is 5.11. The molecule has 1 unspecified atom stereocenters. The number of rotatable bonds is 6. The van der Waals surface area contributed by atoms with E-state index in [1.165, 1.54) is 12.8 Å². The van der Waals surface area contributed by atoms with Crippen molar-refractivity contribution in [2.75, 3.05) is 6.54 Å². The van der Waals surface area contributed by atoms with Gasteiger partial charge < -0.3 is 9.47 Å². The largest absolute Gasteiger partial charge is 0.334 e. The number of amides is 1. The highest BCUT2D eigenvalue weighted by atomic mass is 16.2. The smallest absolute Gasteiger partial charge is 0.274 e. The minimum absolute atomic E-state index is 0.0633. The lowest BCUT2D eigenvalue weighted by Crippen LogP contribution is -2.36. The molecule has 2 aromatic rings. The summed E-state index contributed by atoms with van der Waals surface area (Å²) in [6.07, 6.45) is 10.2. The summed E-state index contributed by atoms with van der Waals surface area (Å²) in [7, 11) is 0. The van der Waals surface area contributed by atoms with Crippen molar-refractivity contribution in [3.63, 3.8) is 0 Å². The molecule has 0 aromatic carbocycles. The molecule has 1 atom stereocenters. The molecule has 2 aromatic heterocycles. The highest BCUT2D eigenvalue weighted by Gasteiger charge is 2.31. The van der Waals surface area contributed by atoms with Crippen molar-refractivity contribution in [3.05, 3.63) is 30.1 Å². The van der Waals surface area contributed by atoms with Crippen molar-refractivity contribution < 1.29 is 4.79 Å². The molecular weight excluding hydrogens is 304 g/mol. The minimum atomic E-state index is 0.0633. The molecule has 2 aliphatic rings. The average molecular weight is 328 g/mol. The van der Waals surface area contributed by atoms with Gasteiger partial charge in [0.2, 0.25) is 0 Å². The Labute approximate surface area is 141 Å². The monoisotopic (exact) mass is 328 g/mol. The number of carbonyl (C=O) groups is 1. The molecule has 24 heavy (non-hydrogen) atoms. The highest BCUT2D eigenvalue weighted by molar-refractivity contribution is 5.92. The number of carbonyl (C=O) groups excluding carboxylic acids is 1. The predicted octanol–water partition coefficient (Wildman–Crippen LogP) is 2.07. The molecule has 1 aliphatic carbocycles. The Morgan fingerprint density at radius 2 is 2.21 bits per heavy atom. The van der Waals surface area contributed by atoms with Gasteiger partial charge in [0, 0.05) is 37.8 Å². The van der Waals surface area contributed by atoms with Gasteiger partial charge in [-0.1, -0.05) is 0 Å². The van der Waals surface area contributed by atoms with E-state index in [-0.39, 0.29) is 11.9 Å². The summed E-state index contributed by atoms with van der Waals surface area (Å²) in [6.45, 7) is 3.64. The highest BCUT2D eigenvalue weighted by Crippen LogP contribution is 2.35. The van der Waals surface area contributed by atoms with Crippen LogP contribution >= 0.6 is 0 Å². The lowest BCUT2D eigenvalue weighted by Gasteiger charge is -2.23. The molecule has 0 spiro atoms. The third-order valence-electron chi connectivity index (χ3n) is 5.11. The fourth-order valence-corrected chi connectivity index (χ4v) is 3.60. The molecule has 1 amide bonds. The van der Waals surface area contributed by atoms with Crippen LogP contribution in [0.1, 0.15) is 61.4 Å². The first-order valence-corrected chi connectivity index (χ1v) is 8.99. The molecule has 4 rings (SSSR count). The molecule has 0 N–H and O–H groups in total. The molecule has 7 nitrogen and oxygen atoms in total. The molecule has 2 fully saturated rings. The maximum absolute atomic E-state index is 12.8. The van der Waals surface area contributed by atoms with Gasteiger partial charge in [0.1, 0.15) is 17.8 Å². The van der Waals surface area contributed by atoms with Crippen LogP contribution in [-0.2, 0) is 13.0 Å². The number of aryl methyl sites for hydroxylation is 2. The van der Waals surface area contributed by atoms with Crippen molar-refractivity contribution in [2.24, 2.45) is 0 Å². The van der Waals surface area contributed by atoms with Crippen LogP contribution in [0.2, 0.25) is 0 Å². The molecule has 128 valence electrons. The van der Waals surface area contributed by atoms with Crippen molar-refractivity contribution in [1.82, 2.24) is 29.4 Å². The zero-order valence-corrected chi connectivity index (χ0v) is 14.1. The average Bonchev–Trinajstić information content (AvgIpc) is 3.05. The number of likely N-dealkylation sites (tertiary alicyclic amines) is 1. The Morgan fingerprint density at radius 1 is 1.33 bits per heavy atom. The first-order valence-electron chi connectivity index (χ1n) is 8.99. The summed E-state index contributed by atoms with van der Waals surface area (Å²) in [5, 5.41) is 12.7. The topological polar surface area (TPSA) is 68.8 Å². The Kier molecular flexibility index (Phi) is 4.08. The molecule has 3 heterocycles. The van der Waals surface area contributed by atoms with E-state index >= 15 is 0 Å². The molecule has 0 radical (unpaired) electrons. The molecule has 1 saturated heterocycles. The van der Waals surface area contributed by atoms with E-state index in [0.717, 1.165) is 44.6 Å². The predicted molar refractivity (Wildman–Crippen MR) is 88.6 cm³/mol. The van der Waals surface area contributed by atoms with Crippen LogP contribution < -0.4 is 0 Å². The Hall–Kier alpha value is -2.18. The van der Waals surface area contributed by atoms with Crippen LogP contribution in [0, 0.1) is 0 Å². The van der Waals surface area contributed by atoms with E-state index in [1.807, 2.05) is 30.4 Å². The van der Waals surface area contributed by atoms with Crippen LogP contribution in [0.4, 0.5) is 0 Å². The van der Waals surface area contributed by atoms with Crippen LogP contribution in [-0.4, -0.2) is 47.9 Å². The van der Waals surface area contributed by atoms with Crippen LogP contribution in [0.15, 0.2) is 18.6 Å². The van der Waals surface area contributed by atoms with Crippen LogP contribution in [0.25, 0.3) is 0 Å². The van der Waals surface area contributed by atoms with Gasteiger partial charge in [-0.05, 0) is 45.1 Å². The van der Waals surface area contributed by atoms with Crippen molar-refractivity contribution >= 4 is 5.91 Å². The zero-order chi connectivity index (χ0) is 16.5. The summed E-state index contributed by atoms with van der Waals surface area (Å²) in [4.78, 5) is 14.8. The Bertz CT molecular complexity index is 716. The normalized spacial score (nSPS) is 20.7. The number of nitrogens with zero attached hydrogens (tertiary/aromatic N) is 6. The van der Waals surface area contributed by atoms with Gasteiger partial charge in [-0.2, -0.15) is 5.10 Å². The standard InChI is InChI=1S/C17H24N6O/c1-2-21-11-9-15(20-21)17(24)22-10-3-4-13(22)7-8-16-19-18-12-23(16)14-5-6-14/h9,11-14H,2-8,10H2,1H3.